The first kappa shape index (κ1) is 22.7. The van der Waals surface area contributed by atoms with Crippen LogP contribution in [-0.4, -0.2) is 51.7 Å². The Labute approximate surface area is 180 Å². The minimum Gasteiger partial charge on any atom is -0.463 e. The summed E-state index contributed by atoms with van der Waals surface area (Å²) < 4.78 is 5.09. The van der Waals surface area contributed by atoms with Crippen LogP contribution in [0.1, 0.15) is 49.4 Å². The number of carbonyl (C=O) groups is 1. The fraction of sp³-hybridized carbons (Fsp3) is 0.591. The molecule has 8 heteroatoms. The van der Waals surface area contributed by atoms with E-state index >= 15 is 0 Å². The molecular weight excluding hydrogens is 402 g/mol. The fourth-order valence-corrected chi connectivity index (χ4v) is 5.28. The van der Waals surface area contributed by atoms with Crippen molar-refractivity contribution in [3.05, 3.63) is 39.3 Å². The number of hydrogen-bond donors (Lipinski definition) is 2. The van der Waals surface area contributed by atoms with E-state index in [0.29, 0.717) is 37.7 Å². The van der Waals surface area contributed by atoms with Crippen LogP contribution in [0.25, 0.3) is 10.2 Å². The molecule has 7 nitrogen and oxygen atoms in total. The zero-order chi connectivity index (χ0) is 21.7. The molecule has 0 radical (unpaired) electrons. The number of aliphatic hydroxyl groups is 1. The predicted molar refractivity (Wildman–Crippen MR) is 119 cm³/mol. The number of aromatic amines is 1. The van der Waals surface area contributed by atoms with Crippen molar-refractivity contribution in [2.45, 2.75) is 58.6 Å². The maximum absolute atomic E-state index is 12.8. The fourth-order valence-electron chi connectivity index (χ4n) is 3.88. The standard InChI is InChI=1S/C22H31N3O4S/c1-4-6-19(27)29-13-15(26)11-25(9-5-2)12-18-23-21(28)20-16-8-7-14(3)10-17(16)30-22(20)24-18/h5,14-15,26H,2,4,6-13H2,1,3H3,(H,23,24,28)/t14-,15-/m0/s1. The van der Waals surface area contributed by atoms with Crippen LogP contribution in [0.4, 0.5) is 0 Å². The molecule has 0 amide bonds. The number of aromatic nitrogens is 2. The lowest BCUT2D eigenvalue weighted by atomic mass is 9.89. The third kappa shape index (κ3) is 5.56. The SMILES string of the molecule is C=CCN(Cc1nc2sc3c(c2c(=O)[nH]1)CC[C@H](C)C3)C[C@H](O)COC(=O)CCC. The monoisotopic (exact) mass is 433 g/mol. The van der Waals surface area contributed by atoms with E-state index in [9.17, 15) is 14.7 Å². The van der Waals surface area contributed by atoms with Gasteiger partial charge in [0.1, 0.15) is 23.4 Å². The van der Waals surface area contributed by atoms with Crippen molar-refractivity contribution in [3.8, 4) is 0 Å². The Morgan fingerprint density at radius 3 is 3.07 bits per heavy atom. The Kier molecular flexibility index (Phi) is 7.80. The first-order valence-corrected chi connectivity index (χ1v) is 11.4. The zero-order valence-electron chi connectivity index (χ0n) is 17.8. The molecule has 1 aliphatic rings. The summed E-state index contributed by atoms with van der Waals surface area (Å²) in [5.41, 5.74) is 1.08. The van der Waals surface area contributed by atoms with Crippen LogP contribution >= 0.6 is 11.3 Å². The Hall–Kier alpha value is -2.03. The molecule has 0 saturated carbocycles. The molecule has 2 heterocycles. The average Bonchev–Trinajstić information content (AvgIpc) is 3.04. The lowest BCUT2D eigenvalue weighted by Gasteiger charge is -2.23. The molecule has 0 aliphatic heterocycles. The van der Waals surface area contributed by atoms with E-state index in [1.165, 1.54) is 10.4 Å². The van der Waals surface area contributed by atoms with Crippen molar-refractivity contribution in [3.63, 3.8) is 0 Å². The van der Waals surface area contributed by atoms with Crippen LogP contribution in [0, 0.1) is 5.92 Å². The summed E-state index contributed by atoms with van der Waals surface area (Å²) in [6.45, 7) is 9.03. The number of nitrogens with zero attached hydrogens (tertiary/aromatic N) is 2. The van der Waals surface area contributed by atoms with Crippen molar-refractivity contribution >= 4 is 27.5 Å². The van der Waals surface area contributed by atoms with E-state index in [0.717, 1.165) is 29.5 Å². The first-order valence-electron chi connectivity index (χ1n) is 10.6. The molecular formula is C22H31N3O4S. The number of H-pyrrole nitrogens is 1. The van der Waals surface area contributed by atoms with Crippen LogP contribution in [0.15, 0.2) is 17.4 Å². The van der Waals surface area contributed by atoms with Gasteiger partial charge in [-0.15, -0.1) is 17.9 Å². The number of hydrogen-bond acceptors (Lipinski definition) is 7. The van der Waals surface area contributed by atoms with Crippen LogP contribution in [0.2, 0.25) is 0 Å². The molecule has 2 aromatic rings. The largest absolute Gasteiger partial charge is 0.463 e. The van der Waals surface area contributed by atoms with Gasteiger partial charge in [0.05, 0.1) is 11.9 Å². The van der Waals surface area contributed by atoms with Gasteiger partial charge in [-0.3, -0.25) is 14.5 Å². The number of rotatable bonds is 10. The smallest absolute Gasteiger partial charge is 0.305 e. The Morgan fingerprint density at radius 1 is 1.53 bits per heavy atom. The lowest BCUT2D eigenvalue weighted by Crippen LogP contribution is -2.36. The quantitative estimate of drug-likeness (QED) is 0.442. The second kappa shape index (κ2) is 10.3. The summed E-state index contributed by atoms with van der Waals surface area (Å²) in [5.74, 6) is 0.899. The lowest BCUT2D eigenvalue weighted by molar-refractivity contribution is -0.147. The minimum absolute atomic E-state index is 0.0503. The van der Waals surface area contributed by atoms with Crippen molar-refractivity contribution < 1.29 is 14.6 Å². The third-order valence-corrected chi connectivity index (χ3v) is 6.48. The van der Waals surface area contributed by atoms with Gasteiger partial charge in [-0.05, 0) is 37.2 Å². The van der Waals surface area contributed by atoms with E-state index in [4.69, 9.17) is 9.72 Å². The van der Waals surface area contributed by atoms with Crippen LogP contribution in [0.3, 0.4) is 0 Å². The second-order valence-corrected chi connectivity index (χ2v) is 9.20. The normalized spacial score (nSPS) is 17.1. The molecule has 0 aromatic carbocycles. The summed E-state index contributed by atoms with van der Waals surface area (Å²) in [6, 6.07) is 0. The van der Waals surface area contributed by atoms with Crippen LogP contribution < -0.4 is 5.56 Å². The summed E-state index contributed by atoms with van der Waals surface area (Å²) in [6.07, 6.45) is 5.02. The third-order valence-electron chi connectivity index (χ3n) is 5.33. The van der Waals surface area contributed by atoms with Crippen molar-refractivity contribution in [1.29, 1.82) is 0 Å². The van der Waals surface area contributed by atoms with Gasteiger partial charge >= 0.3 is 5.97 Å². The maximum Gasteiger partial charge on any atom is 0.305 e. The molecule has 0 fully saturated rings. The molecule has 0 saturated heterocycles. The number of fused-ring (bicyclic) bond motifs is 3. The summed E-state index contributed by atoms with van der Waals surface area (Å²) in [5, 5.41) is 11.0. The first-order chi connectivity index (χ1) is 14.4. The van der Waals surface area contributed by atoms with E-state index < -0.39 is 6.10 Å². The average molecular weight is 434 g/mol. The number of ether oxygens (including phenoxy) is 1. The molecule has 164 valence electrons. The van der Waals surface area contributed by atoms with Gasteiger partial charge in [-0.25, -0.2) is 4.98 Å². The number of esters is 1. The number of thiophene rings is 1. The Bertz CT molecular complexity index is 952. The topological polar surface area (TPSA) is 95.5 Å². The highest BCUT2D eigenvalue weighted by molar-refractivity contribution is 7.18. The summed E-state index contributed by atoms with van der Waals surface area (Å²) in [4.78, 5) is 35.9. The molecule has 2 atom stereocenters. The molecule has 30 heavy (non-hydrogen) atoms. The number of nitrogens with one attached hydrogen (secondary N) is 1. The molecule has 0 bridgehead atoms. The van der Waals surface area contributed by atoms with Crippen LogP contribution in [-0.2, 0) is 28.9 Å². The van der Waals surface area contributed by atoms with Crippen LogP contribution in [0.5, 0.6) is 0 Å². The number of aryl methyl sites for hydroxylation is 1. The van der Waals surface area contributed by atoms with Crippen molar-refractivity contribution in [2.75, 3.05) is 19.7 Å². The Morgan fingerprint density at radius 2 is 2.33 bits per heavy atom. The van der Waals surface area contributed by atoms with Gasteiger partial charge in [0.2, 0.25) is 0 Å². The van der Waals surface area contributed by atoms with Gasteiger partial charge in [0.25, 0.3) is 5.56 Å². The van der Waals surface area contributed by atoms with Gasteiger partial charge in [0, 0.05) is 24.4 Å². The number of carbonyl (C=O) groups excluding carboxylic acids is 1. The number of aliphatic hydroxyl groups excluding tert-OH is 1. The maximum atomic E-state index is 12.8. The van der Waals surface area contributed by atoms with E-state index in [-0.39, 0.29) is 24.7 Å². The predicted octanol–water partition coefficient (Wildman–Crippen LogP) is 2.80. The van der Waals surface area contributed by atoms with E-state index in [2.05, 4.69) is 18.5 Å². The van der Waals surface area contributed by atoms with Gasteiger partial charge in [-0.2, -0.15) is 0 Å². The summed E-state index contributed by atoms with van der Waals surface area (Å²) >= 11 is 1.63. The molecule has 3 rings (SSSR count). The Balaban J connectivity index is 1.71. The molecule has 2 aromatic heterocycles. The highest BCUT2D eigenvalue weighted by Crippen LogP contribution is 2.35. The molecule has 0 unspecified atom stereocenters. The van der Waals surface area contributed by atoms with Crippen molar-refractivity contribution in [1.82, 2.24) is 14.9 Å². The zero-order valence-corrected chi connectivity index (χ0v) is 18.6. The molecule has 2 N–H and O–H groups in total. The van der Waals surface area contributed by atoms with Gasteiger partial charge < -0.3 is 14.8 Å². The van der Waals surface area contributed by atoms with Crippen molar-refractivity contribution in [2.24, 2.45) is 5.92 Å². The molecule has 0 spiro atoms. The van der Waals surface area contributed by atoms with E-state index in [1.54, 1.807) is 17.4 Å². The highest BCUT2D eigenvalue weighted by atomic mass is 32.1. The minimum atomic E-state index is -0.822. The highest BCUT2D eigenvalue weighted by Gasteiger charge is 2.23. The van der Waals surface area contributed by atoms with Gasteiger partial charge in [0.15, 0.2) is 0 Å². The summed E-state index contributed by atoms with van der Waals surface area (Å²) in [7, 11) is 0. The van der Waals surface area contributed by atoms with E-state index in [1.807, 2.05) is 11.8 Å². The second-order valence-electron chi connectivity index (χ2n) is 8.11. The molecule has 1 aliphatic carbocycles. The van der Waals surface area contributed by atoms with Gasteiger partial charge in [-0.1, -0.05) is 19.9 Å².